The average Bonchev–Trinajstić information content (AvgIpc) is 2.72. The maximum absolute atomic E-state index is 13.3. The molecule has 1 aliphatic rings. The summed E-state index contributed by atoms with van der Waals surface area (Å²) in [5.41, 5.74) is -0.222. The second-order valence-corrected chi connectivity index (χ2v) is 8.34. The number of aromatic nitrogens is 1. The molecule has 0 atom stereocenters. The van der Waals surface area contributed by atoms with Crippen LogP contribution in [0.3, 0.4) is 0 Å². The first-order valence-electron chi connectivity index (χ1n) is 10.1. The first-order chi connectivity index (χ1) is 14.2. The van der Waals surface area contributed by atoms with Gasteiger partial charge in [0.1, 0.15) is 5.60 Å². The molecule has 0 spiro atoms. The summed E-state index contributed by atoms with van der Waals surface area (Å²) in [4.78, 5) is 41.6. The first kappa shape index (κ1) is 21.8. The van der Waals surface area contributed by atoms with Gasteiger partial charge in [0.05, 0.1) is 12.2 Å². The molecule has 1 fully saturated rings. The van der Waals surface area contributed by atoms with Gasteiger partial charge in [0.15, 0.2) is 0 Å². The molecule has 3 rings (SSSR count). The largest absolute Gasteiger partial charge is 0.444 e. The summed E-state index contributed by atoms with van der Waals surface area (Å²) in [6.07, 6.45) is 1.25. The zero-order valence-electron chi connectivity index (χ0n) is 18.0. The SMILES string of the molecule is COCCn1cc(C(=O)N2CCN(C(=O)OC(C)(C)C)CC2)c2ccccc2c1=O. The van der Waals surface area contributed by atoms with Gasteiger partial charge in [0.2, 0.25) is 0 Å². The molecule has 2 amide bonds. The molecule has 1 saturated heterocycles. The lowest BCUT2D eigenvalue weighted by atomic mass is 10.1. The molecular weight excluding hydrogens is 386 g/mol. The Morgan fingerprint density at radius 1 is 1.00 bits per heavy atom. The van der Waals surface area contributed by atoms with Gasteiger partial charge in [-0.3, -0.25) is 9.59 Å². The third kappa shape index (κ3) is 4.81. The van der Waals surface area contributed by atoms with Crippen molar-refractivity contribution in [3.05, 3.63) is 46.4 Å². The number of piperazine rings is 1. The van der Waals surface area contributed by atoms with Crippen molar-refractivity contribution in [1.82, 2.24) is 14.4 Å². The van der Waals surface area contributed by atoms with Crippen LogP contribution in [0.1, 0.15) is 31.1 Å². The number of pyridine rings is 1. The van der Waals surface area contributed by atoms with Gasteiger partial charge in [-0.15, -0.1) is 0 Å². The standard InChI is InChI=1S/C22H29N3O5/c1-22(2,3)30-21(28)24-11-9-23(10-12-24)20(27)18-15-25(13-14-29-4)19(26)17-8-6-5-7-16(17)18/h5-8,15H,9-14H2,1-4H3. The molecule has 2 aromatic rings. The smallest absolute Gasteiger partial charge is 0.410 e. The van der Waals surface area contributed by atoms with E-state index in [4.69, 9.17) is 9.47 Å². The molecule has 0 radical (unpaired) electrons. The number of hydrogen-bond donors (Lipinski definition) is 0. The van der Waals surface area contributed by atoms with Crippen LogP contribution in [0.2, 0.25) is 0 Å². The highest BCUT2D eigenvalue weighted by Gasteiger charge is 2.29. The minimum Gasteiger partial charge on any atom is -0.444 e. The lowest BCUT2D eigenvalue weighted by Gasteiger charge is -2.35. The third-order valence-electron chi connectivity index (χ3n) is 4.98. The van der Waals surface area contributed by atoms with Gasteiger partial charge >= 0.3 is 6.09 Å². The van der Waals surface area contributed by atoms with Crippen LogP contribution in [0, 0.1) is 0 Å². The summed E-state index contributed by atoms with van der Waals surface area (Å²) in [6.45, 7) is 7.85. The Morgan fingerprint density at radius 2 is 1.60 bits per heavy atom. The van der Waals surface area contributed by atoms with Crippen molar-refractivity contribution in [2.45, 2.75) is 32.9 Å². The molecule has 2 heterocycles. The normalized spacial score (nSPS) is 14.8. The van der Waals surface area contributed by atoms with Crippen LogP contribution in [0.5, 0.6) is 0 Å². The molecule has 1 aliphatic heterocycles. The number of amides is 2. The molecule has 0 aliphatic carbocycles. The van der Waals surface area contributed by atoms with Gasteiger partial charge in [0, 0.05) is 56.8 Å². The highest BCUT2D eigenvalue weighted by Crippen LogP contribution is 2.19. The predicted molar refractivity (Wildman–Crippen MR) is 114 cm³/mol. The molecule has 8 heteroatoms. The van der Waals surface area contributed by atoms with Crippen LogP contribution < -0.4 is 5.56 Å². The third-order valence-corrected chi connectivity index (χ3v) is 4.98. The van der Waals surface area contributed by atoms with E-state index in [9.17, 15) is 14.4 Å². The molecular formula is C22H29N3O5. The molecule has 0 bridgehead atoms. The number of ether oxygens (including phenoxy) is 2. The minimum atomic E-state index is -0.557. The number of nitrogens with zero attached hydrogens (tertiary/aromatic N) is 3. The van der Waals surface area contributed by atoms with E-state index in [1.807, 2.05) is 26.8 Å². The minimum absolute atomic E-state index is 0.144. The highest BCUT2D eigenvalue weighted by molar-refractivity contribution is 6.06. The van der Waals surface area contributed by atoms with Gasteiger partial charge in [-0.05, 0) is 26.8 Å². The number of methoxy groups -OCH3 is 1. The number of carbonyl (C=O) groups excluding carboxylic acids is 2. The second-order valence-electron chi connectivity index (χ2n) is 8.34. The molecule has 162 valence electrons. The van der Waals surface area contributed by atoms with Gasteiger partial charge in [0.25, 0.3) is 11.5 Å². The van der Waals surface area contributed by atoms with Gasteiger partial charge in [-0.2, -0.15) is 0 Å². The van der Waals surface area contributed by atoms with Crippen molar-refractivity contribution >= 4 is 22.8 Å². The monoisotopic (exact) mass is 415 g/mol. The number of benzene rings is 1. The highest BCUT2D eigenvalue weighted by atomic mass is 16.6. The van der Waals surface area contributed by atoms with E-state index < -0.39 is 5.60 Å². The number of rotatable bonds is 4. The Balaban J connectivity index is 1.81. The van der Waals surface area contributed by atoms with Gasteiger partial charge in [-0.25, -0.2) is 4.79 Å². The number of fused-ring (bicyclic) bond motifs is 1. The van der Waals surface area contributed by atoms with E-state index in [2.05, 4.69) is 0 Å². The van der Waals surface area contributed by atoms with Gasteiger partial charge < -0.3 is 23.8 Å². The van der Waals surface area contributed by atoms with Crippen molar-refractivity contribution in [2.75, 3.05) is 39.9 Å². The predicted octanol–water partition coefficient (Wildman–Crippen LogP) is 2.34. The van der Waals surface area contributed by atoms with E-state index in [1.54, 1.807) is 41.3 Å². The van der Waals surface area contributed by atoms with Crippen LogP contribution in [0.15, 0.2) is 35.3 Å². The van der Waals surface area contributed by atoms with Crippen molar-refractivity contribution in [3.63, 3.8) is 0 Å². The summed E-state index contributed by atoms with van der Waals surface area (Å²) in [7, 11) is 1.57. The Kier molecular flexibility index (Phi) is 6.45. The fraction of sp³-hybridized carbons (Fsp3) is 0.500. The van der Waals surface area contributed by atoms with Crippen molar-refractivity contribution in [1.29, 1.82) is 0 Å². The maximum atomic E-state index is 13.3. The Bertz CT molecular complexity index is 984. The fourth-order valence-electron chi connectivity index (χ4n) is 3.46. The average molecular weight is 415 g/mol. The van der Waals surface area contributed by atoms with Crippen molar-refractivity contribution in [2.24, 2.45) is 0 Å². The zero-order chi connectivity index (χ0) is 21.9. The zero-order valence-corrected chi connectivity index (χ0v) is 18.0. The molecule has 0 N–H and O–H groups in total. The summed E-state index contributed by atoms with van der Waals surface area (Å²) >= 11 is 0. The summed E-state index contributed by atoms with van der Waals surface area (Å²) in [5.74, 6) is -0.152. The Hall–Kier alpha value is -2.87. The second kappa shape index (κ2) is 8.87. The lowest BCUT2D eigenvalue weighted by molar-refractivity contribution is 0.0141. The summed E-state index contributed by atoms with van der Waals surface area (Å²) < 4.78 is 12.0. The molecule has 1 aromatic heterocycles. The van der Waals surface area contributed by atoms with E-state index in [0.717, 1.165) is 0 Å². The van der Waals surface area contributed by atoms with E-state index >= 15 is 0 Å². The number of carbonyl (C=O) groups is 2. The first-order valence-corrected chi connectivity index (χ1v) is 10.1. The van der Waals surface area contributed by atoms with Crippen LogP contribution in [0.25, 0.3) is 10.8 Å². The van der Waals surface area contributed by atoms with E-state index in [0.29, 0.717) is 55.7 Å². The maximum Gasteiger partial charge on any atom is 0.410 e. The lowest BCUT2D eigenvalue weighted by Crippen LogP contribution is -2.51. The van der Waals surface area contributed by atoms with Crippen molar-refractivity contribution < 1.29 is 19.1 Å². The van der Waals surface area contributed by atoms with Crippen molar-refractivity contribution in [3.8, 4) is 0 Å². The van der Waals surface area contributed by atoms with E-state index in [1.165, 1.54) is 4.57 Å². The van der Waals surface area contributed by atoms with Crippen LogP contribution >= 0.6 is 0 Å². The quantitative estimate of drug-likeness (QED) is 0.766. The van der Waals surface area contributed by atoms with E-state index in [-0.39, 0.29) is 17.6 Å². The Morgan fingerprint density at radius 3 is 2.20 bits per heavy atom. The molecule has 0 saturated carbocycles. The van der Waals surface area contributed by atoms with Gasteiger partial charge in [-0.1, -0.05) is 18.2 Å². The number of hydrogen-bond acceptors (Lipinski definition) is 5. The Labute approximate surface area is 176 Å². The summed E-state index contributed by atoms with van der Waals surface area (Å²) in [5, 5.41) is 1.14. The molecule has 1 aromatic carbocycles. The molecule has 8 nitrogen and oxygen atoms in total. The topological polar surface area (TPSA) is 81.1 Å². The van der Waals surface area contributed by atoms with Crippen LogP contribution in [-0.2, 0) is 16.0 Å². The fourth-order valence-corrected chi connectivity index (χ4v) is 3.46. The molecule has 0 unspecified atom stereocenters. The van der Waals surface area contributed by atoms with Crippen LogP contribution in [-0.4, -0.2) is 71.9 Å². The van der Waals surface area contributed by atoms with Crippen LogP contribution in [0.4, 0.5) is 4.79 Å². The molecule has 30 heavy (non-hydrogen) atoms. The summed E-state index contributed by atoms with van der Waals surface area (Å²) in [6, 6.07) is 7.14.